The maximum Gasteiger partial charge on any atom is 0.255 e. The van der Waals surface area contributed by atoms with Crippen LogP contribution < -0.4 is 19.5 Å². The number of likely N-dealkylation sites (tertiary alicyclic amines) is 1. The van der Waals surface area contributed by atoms with Crippen molar-refractivity contribution in [2.24, 2.45) is 5.92 Å². The zero-order valence-electron chi connectivity index (χ0n) is 16.2. The summed E-state index contributed by atoms with van der Waals surface area (Å²) in [5.41, 5.74) is 0.431. The van der Waals surface area contributed by atoms with E-state index < -0.39 is 6.10 Å². The summed E-state index contributed by atoms with van der Waals surface area (Å²) in [7, 11) is 1.56. The number of aliphatic hydroxyl groups is 1. The number of amides is 1. The van der Waals surface area contributed by atoms with E-state index in [0.29, 0.717) is 49.1 Å². The fraction of sp³-hybridized carbons (Fsp3) is 0.650. The molecule has 1 fully saturated rings. The average Bonchev–Trinajstić information content (AvgIpc) is 2.70. The number of ether oxygens (including phenoxy) is 3. The number of rotatable bonds is 7. The van der Waals surface area contributed by atoms with Crippen LogP contribution in [-0.4, -0.2) is 68.5 Å². The Kier molecular flexibility index (Phi) is 6.79. The average molecular weight is 378 g/mol. The van der Waals surface area contributed by atoms with Crippen molar-refractivity contribution in [2.45, 2.75) is 32.3 Å². The number of hydrogen-bond donors (Lipinski definition) is 2. The van der Waals surface area contributed by atoms with Crippen molar-refractivity contribution >= 4 is 5.91 Å². The molecular formula is C20H30N2O5. The topological polar surface area (TPSA) is 80.3 Å². The minimum Gasteiger partial charge on any atom is -0.493 e. The van der Waals surface area contributed by atoms with Gasteiger partial charge in [0.2, 0.25) is 5.75 Å². The molecule has 2 atom stereocenters. The summed E-state index contributed by atoms with van der Waals surface area (Å²) >= 11 is 0. The molecule has 0 saturated carbocycles. The van der Waals surface area contributed by atoms with Crippen LogP contribution in [-0.2, 0) is 0 Å². The van der Waals surface area contributed by atoms with Gasteiger partial charge in [-0.25, -0.2) is 0 Å². The highest BCUT2D eigenvalue weighted by Gasteiger charge is 2.29. The zero-order valence-corrected chi connectivity index (χ0v) is 16.2. The maximum absolute atomic E-state index is 12.7. The van der Waals surface area contributed by atoms with Gasteiger partial charge in [-0.1, -0.05) is 13.3 Å². The fourth-order valence-corrected chi connectivity index (χ4v) is 3.64. The number of carbonyl (C=O) groups is 1. The number of fused-ring (bicyclic) bond motifs is 1. The number of hydrogen-bond acceptors (Lipinski definition) is 6. The van der Waals surface area contributed by atoms with Gasteiger partial charge in [-0.3, -0.25) is 4.79 Å². The van der Waals surface area contributed by atoms with E-state index in [1.165, 1.54) is 0 Å². The summed E-state index contributed by atoms with van der Waals surface area (Å²) in [5.74, 6) is 1.29. The number of nitrogens with zero attached hydrogens (tertiary/aromatic N) is 1. The molecule has 27 heavy (non-hydrogen) atoms. The molecule has 1 aromatic rings. The van der Waals surface area contributed by atoms with Crippen molar-refractivity contribution in [3.05, 3.63) is 17.7 Å². The van der Waals surface area contributed by atoms with Crippen molar-refractivity contribution < 1.29 is 24.1 Å². The molecule has 0 aromatic heterocycles. The standard InChI is InChI=1S/C20H30N2O5/c1-3-4-8-22-9-7-14(16(23)13-22)12-21-20(24)15-5-6-17(25-2)19-18(15)26-10-11-27-19/h5-6,14,16,23H,3-4,7-13H2,1-2H3,(H,21,24)/t14-,16+/m0/s1. The number of carbonyl (C=O) groups excluding carboxylic acids is 1. The van der Waals surface area contributed by atoms with E-state index in [0.717, 1.165) is 32.4 Å². The van der Waals surface area contributed by atoms with Crippen LogP contribution >= 0.6 is 0 Å². The summed E-state index contributed by atoms with van der Waals surface area (Å²) in [4.78, 5) is 15.0. The minimum atomic E-state index is -0.416. The molecule has 2 aliphatic heterocycles. The van der Waals surface area contributed by atoms with Crippen molar-refractivity contribution in [1.29, 1.82) is 0 Å². The first-order valence-electron chi connectivity index (χ1n) is 9.79. The Hall–Kier alpha value is -1.99. The van der Waals surface area contributed by atoms with Crippen LogP contribution in [0, 0.1) is 5.92 Å². The molecule has 7 nitrogen and oxygen atoms in total. The summed E-state index contributed by atoms with van der Waals surface area (Å²) < 4.78 is 16.6. The molecule has 1 aromatic carbocycles. The van der Waals surface area contributed by atoms with Crippen LogP contribution in [0.4, 0.5) is 0 Å². The molecule has 150 valence electrons. The first-order chi connectivity index (χ1) is 13.1. The van der Waals surface area contributed by atoms with Crippen LogP contribution in [0.2, 0.25) is 0 Å². The molecule has 0 radical (unpaired) electrons. The summed E-state index contributed by atoms with van der Waals surface area (Å²) in [6.07, 6.45) is 2.77. The number of β-amino-alcohol motifs (C(OH)–C–C–N with tert-alkyl or cyclic N) is 1. The number of aliphatic hydroxyl groups excluding tert-OH is 1. The normalized spacial score (nSPS) is 22.3. The van der Waals surface area contributed by atoms with Crippen LogP contribution in [0.25, 0.3) is 0 Å². The lowest BCUT2D eigenvalue weighted by Crippen LogP contribution is -2.47. The second kappa shape index (κ2) is 9.28. The molecule has 0 unspecified atom stereocenters. The van der Waals surface area contributed by atoms with Crippen LogP contribution in [0.3, 0.4) is 0 Å². The third kappa shape index (κ3) is 4.65. The quantitative estimate of drug-likeness (QED) is 0.751. The molecule has 3 rings (SSSR count). The number of methoxy groups -OCH3 is 1. The lowest BCUT2D eigenvalue weighted by atomic mass is 9.93. The molecule has 1 saturated heterocycles. The number of unbranched alkanes of at least 4 members (excludes halogenated alkanes) is 1. The molecule has 0 bridgehead atoms. The van der Waals surface area contributed by atoms with Gasteiger partial charge in [-0.15, -0.1) is 0 Å². The first kappa shape index (κ1) is 19.8. The van der Waals surface area contributed by atoms with Crippen molar-refractivity contribution in [3.8, 4) is 17.2 Å². The minimum absolute atomic E-state index is 0.0677. The van der Waals surface area contributed by atoms with Crippen molar-refractivity contribution in [2.75, 3.05) is 46.5 Å². The second-order valence-electron chi connectivity index (χ2n) is 7.15. The van der Waals surface area contributed by atoms with E-state index in [9.17, 15) is 9.90 Å². The Morgan fingerprint density at radius 1 is 1.33 bits per heavy atom. The van der Waals surface area contributed by atoms with Gasteiger partial charge in [0.1, 0.15) is 13.2 Å². The Bertz CT molecular complexity index is 652. The number of piperidine rings is 1. The third-order valence-electron chi connectivity index (χ3n) is 5.27. The van der Waals surface area contributed by atoms with Gasteiger partial charge in [0.25, 0.3) is 5.91 Å². The van der Waals surface area contributed by atoms with E-state index in [4.69, 9.17) is 14.2 Å². The lowest BCUT2D eigenvalue weighted by molar-refractivity contribution is 0.0217. The van der Waals surface area contributed by atoms with E-state index in [-0.39, 0.29) is 11.8 Å². The summed E-state index contributed by atoms with van der Waals surface area (Å²) in [6.45, 7) is 6.12. The summed E-state index contributed by atoms with van der Waals surface area (Å²) in [5, 5.41) is 13.4. The molecular weight excluding hydrogens is 348 g/mol. The first-order valence-corrected chi connectivity index (χ1v) is 9.79. The van der Waals surface area contributed by atoms with Gasteiger partial charge < -0.3 is 29.5 Å². The largest absolute Gasteiger partial charge is 0.493 e. The SMILES string of the molecule is CCCCN1CC[C@@H](CNC(=O)c2ccc(OC)c3c2OCCO3)[C@H](O)C1. The molecule has 2 heterocycles. The highest BCUT2D eigenvalue weighted by Crippen LogP contribution is 2.41. The Morgan fingerprint density at radius 2 is 2.11 bits per heavy atom. The van der Waals surface area contributed by atoms with Gasteiger partial charge in [0, 0.05) is 19.0 Å². The Labute approximate surface area is 160 Å². The maximum atomic E-state index is 12.7. The number of benzene rings is 1. The van der Waals surface area contributed by atoms with E-state index >= 15 is 0 Å². The zero-order chi connectivity index (χ0) is 19.2. The molecule has 2 N–H and O–H groups in total. The van der Waals surface area contributed by atoms with Crippen molar-refractivity contribution in [3.63, 3.8) is 0 Å². The van der Waals surface area contributed by atoms with E-state index in [2.05, 4.69) is 17.1 Å². The van der Waals surface area contributed by atoms with Gasteiger partial charge in [-0.05, 0) is 38.1 Å². The molecule has 0 aliphatic carbocycles. The monoisotopic (exact) mass is 378 g/mol. The van der Waals surface area contributed by atoms with Crippen LogP contribution in [0.5, 0.6) is 17.2 Å². The second-order valence-corrected chi connectivity index (χ2v) is 7.15. The van der Waals surface area contributed by atoms with E-state index in [1.807, 2.05) is 0 Å². The van der Waals surface area contributed by atoms with Crippen LogP contribution in [0.1, 0.15) is 36.5 Å². The third-order valence-corrected chi connectivity index (χ3v) is 5.27. The highest BCUT2D eigenvalue weighted by atomic mass is 16.6. The van der Waals surface area contributed by atoms with Gasteiger partial charge in [0.05, 0.1) is 18.8 Å². The molecule has 0 spiro atoms. The van der Waals surface area contributed by atoms with Gasteiger partial charge in [0.15, 0.2) is 11.5 Å². The van der Waals surface area contributed by atoms with Crippen molar-refractivity contribution in [1.82, 2.24) is 10.2 Å². The Balaban J connectivity index is 1.59. The van der Waals surface area contributed by atoms with Gasteiger partial charge >= 0.3 is 0 Å². The fourth-order valence-electron chi connectivity index (χ4n) is 3.64. The van der Waals surface area contributed by atoms with E-state index in [1.54, 1.807) is 19.2 Å². The number of nitrogens with one attached hydrogen (secondary N) is 1. The predicted octanol–water partition coefficient (Wildman–Crippen LogP) is 1.68. The van der Waals surface area contributed by atoms with Crippen LogP contribution in [0.15, 0.2) is 12.1 Å². The highest BCUT2D eigenvalue weighted by molar-refractivity contribution is 5.98. The smallest absolute Gasteiger partial charge is 0.255 e. The molecule has 7 heteroatoms. The van der Waals surface area contributed by atoms with Gasteiger partial charge in [-0.2, -0.15) is 0 Å². The predicted molar refractivity (Wildman–Crippen MR) is 102 cm³/mol. The molecule has 1 amide bonds. The lowest BCUT2D eigenvalue weighted by Gasteiger charge is -2.36. The Morgan fingerprint density at radius 3 is 2.81 bits per heavy atom. The molecule has 2 aliphatic rings. The summed E-state index contributed by atoms with van der Waals surface area (Å²) in [6, 6.07) is 3.40.